The van der Waals surface area contributed by atoms with Gasteiger partial charge in [-0.3, -0.25) is 0 Å². The van der Waals surface area contributed by atoms with E-state index in [1.807, 2.05) is 6.92 Å². The summed E-state index contributed by atoms with van der Waals surface area (Å²) in [6.45, 7) is 1.64. The molecule has 1 aliphatic rings. The fraction of sp³-hybridized carbons (Fsp3) is 0.692. The van der Waals surface area contributed by atoms with Crippen LogP contribution in [0.2, 0.25) is 4.34 Å². The van der Waals surface area contributed by atoms with E-state index < -0.39 is 16.1 Å². The summed E-state index contributed by atoms with van der Waals surface area (Å²) >= 11 is 6.78. The number of nitrogens with one attached hydrogen (secondary N) is 2. The first-order valence-electron chi connectivity index (χ1n) is 7.07. The Morgan fingerprint density at radius 2 is 2.10 bits per heavy atom. The lowest BCUT2D eigenvalue weighted by Gasteiger charge is -2.26. The minimum Gasteiger partial charge on any atom is -0.395 e. The summed E-state index contributed by atoms with van der Waals surface area (Å²) in [5.41, 5.74) is 0. The molecule has 120 valence electrons. The van der Waals surface area contributed by atoms with Crippen LogP contribution in [-0.2, 0) is 10.0 Å². The summed E-state index contributed by atoms with van der Waals surface area (Å²) < 4.78 is 27.7. The van der Waals surface area contributed by atoms with Gasteiger partial charge in [-0.05, 0) is 31.9 Å². The first-order valence-corrected chi connectivity index (χ1v) is 9.74. The van der Waals surface area contributed by atoms with E-state index in [4.69, 9.17) is 11.6 Å². The van der Waals surface area contributed by atoms with Crippen LogP contribution < -0.4 is 10.0 Å². The Labute approximate surface area is 134 Å². The third kappa shape index (κ3) is 4.64. The van der Waals surface area contributed by atoms with Gasteiger partial charge >= 0.3 is 0 Å². The predicted molar refractivity (Wildman–Crippen MR) is 85.4 cm³/mol. The van der Waals surface area contributed by atoms with E-state index in [9.17, 15) is 13.5 Å². The average molecular weight is 353 g/mol. The van der Waals surface area contributed by atoms with Crippen LogP contribution >= 0.6 is 22.9 Å². The van der Waals surface area contributed by atoms with Gasteiger partial charge in [0.25, 0.3) is 0 Å². The highest BCUT2D eigenvalue weighted by Crippen LogP contribution is 2.25. The highest BCUT2D eigenvalue weighted by Gasteiger charge is 2.27. The molecule has 1 unspecified atom stereocenters. The minimum atomic E-state index is -3.65. The molecule has 0 spiro atoms. The van der Waals surface area contributed by atoms with Crippen molar-refractivity contribution in [2.45, 2.75) is 54.9 Å². The van der Waals surface area contributed by atoms with E-state index >= 15 is 0 Å². The van der Waals surface area contributed by atoms with Gasteiger partial charge in [-0.2, -0.15) is 0 Å². The van der Waals surface area contributed by atoms with Crippen LogP contribution in [0.4, 0.5) is 0 Å². The van der Waals surface area contributed by atoms with Gasteiger partial charge in [-0.25, -0.2) is 13.1 Å². The van der Waals surface area contributed by atoms with Gasteiger partial charge in [0, 0.05) is 12.1 Å². The monoisotopic (exact) mass is 352 g/mol. The van der Waals surface area contributed by atoms with Crippen LogP contribution in [0.5, 0.6) is 0 Å². The fourth-order valence-electron chi connectivity index (χ4n) is 2.58. The second-order valence-electron chi connectivity index (χ2n) is 5.41. The van der Waals surface area contributed by atoms with Crippen LogP contribution in [0.25, 0.3) is 0 Å². The standard InChI is InChI=1S/C13H21ClN2O3S2/c1-9(15-10-4-2-3-5-10)11(8-17)16-21(18,19)13-7-6-12(14)20-13/h6-7,9-11,15-17H,2-5,8H2,1H3/t9?,11-/m1/s1. The maximum Gasteiger partial charge on any atom is 0.250 e. The summed E-state index contributed by atoms with van der Waals surface area (Å²) in [7, 11) is -3.65. The van der Waals surface area contributed by atoms with Gasteiger partial charge in [0.2, 0.25) is 10.0 Å². The van der Waals surface area contributed by atoms with Crippen molar-refractivity contribution in [1.29, 1.82) is 0 Å². The fourth-order valence-corrected chi connectivity index (χ4v) is 5.38. The molecule has 0 bridgehead atoms. The Hall–Kier alpha value is -0.180. The number of aliphatic hydroxyl groups excluding tert-OH is 1. The number of halogens is 1. The first-order chi connectivity index (χ1) is 9.92. The Bertz CT molecular complexity index is 556. The van der Waals surface area contributed by atoms with Crippen LogP contribution in [0.3, 0.4) is 0 Å². The zero-order chi connectivity index (χ0) is 15.5. The molecule has 1 aromatic rings. The van der Waals surface area contributed by atoms with Crippen LogP contribution in [-0.4, -0.2) is 38.3 Å². The van der Waals surface area contributed by atoms with Gasteiger partial charge in [-0.15, -0.1) is 11.3 Å². The maximum atomic E-state index is 12.3. The lowest BCUT2D eigenvalue weighted by atomic mass is 10.1. The van der Waals surface area contributed by atoms with Gasteiger partial charge < -0.3 is 10.4 Å². The Morgan fingerprint density at radius 1 is 1.43 bits per heavy atom. The summed E-state index contributed by atoms with van der Waals surface area (Å²) in [4.78, 5) is 0. The van der Waals surface area contributed by atoms with Crippen molar-refractivity contribution in [2.24, 2.45) is 0 Å². The molecule has 3 N–H and O–H groups in total. The highest BCUT2D eigenvalue weighted by atomic mass is 35.5. The molecule has 1 saturated carbocycles. The lowest BCUT2D eigenvalue weighted by molar-refractivity contribution is 0.224. The summed E-state index contributed by atoms with van der Waals surface area (Å²) in [6.07, 6.45) is 4.62. The predicted octanol–water partition coefficient (Wildman–Crippen LogP) is 1.96. The smallest absolute Gasteiger partial charge is 0.250 e. The largest absolute Gasteiger partial charge is 0.395 e. The van der Waals surface area contributed by atoms with Crippen molar-refractivity contribution >= 4 is 33.0 Å². The summed E-state index contributed by atoms with van der Waals surface area (Å²) in [6, 6.07) is 2.74. The third-order valence-corrected chi connectivity index (χ3v) is 6.99. The van der Waals surface area contributed by atoms with Crippen LogP contribution in [0.1, 0.15) is 32.6 Å². The second kappa shape index (κ2) is 7.39. The Kier molecular flexibility index (Phi) is 6.05. The molecule has 1 aromatic heterocycles. The number of hydrogen-bond donors (Lipinski definition) is 3. The first kappa shape index (κ1) is 17.2. The maximum absolute atomic E-state index is 12.3. The van der Waals surface area contributed by atoms with E-state index in [1.54, 1.807) is 6.07 Å². The number of thiophene rings is 1. The topological polar surface area (TPSA) is 78.4 Å². The molecule has 2 atom stereocenters. The normalized spacial score (nSPS) is 19.8. The zero-order valence-electron chi connectivity index (χ0n) is 11.9. The van der Waals surface area contributed by atoms with E-state index in [0.717, 1.165) is 24.2 Å². The quantitative estimate of drug-likeness (QED) is 0.701. The number of aliphatic hydroxyl groups is 1. The molecule has 0 aliphatic heterocycles. The number of rotatable bonds is 7. The van der Waals surface area contributed by atoms with E-state index in [1.165, 1.54) is 18.9 Å². The summed E-state index contributed by atoms with van der Waals surface area (Å²) in [5, 5.41) is 12.9. The Balaban J connectivity index is 2.00. The van der Waals surface area contributed by atoms with Crippen molar-refractivity contribution in [3.63, 3.8) is 0 Å². The number of sulfonamides is 1. The van der Waals surface area contributed by atoms with Gasteiger partial charge in [0.05, 0.1) is 17.0 Å². The van der Waals surface area contributed by atoms with Crippen LogP contribution in [0.15, 0.2) is 16.3 Å². The molecule has 0 amide bonds. The molecular formula is C13H21ClN2O3S2. The molecule has 1 fully saturated rings. The van der Waals surface area contributed by atoms with Gasteiger partial charge in [0.1, 0.15) is 4.21 Å². The average Bonchev–Trinajstić information content (AvgIpc) is 3.07. The van der Waals surface area contributed by atoms with Crippen molar-refractivity contribution in [3.8, 4) is 0 Å². The van der Waals surface area contributed by atoms with Crippen molar-refractivity contribution in [1.82, 2.24) is 10.0 Å². The molecule has 0 saturated heterocycles. The molecule has 0 aromatic carbocycles. The van der Waals surface area contributed by atoms with E-state index in [-0.39, 0.29) is 16.9 Å². The van der Waals surface area contributed by atoms with Gasteiger partial charge in [-0.1, -0.05) is 24.4 Å². The highest BCUT2D eigenvalue weighted by molar-refractivity contribution is 7.91. The van der Waals surface area contributed by atoms with Crippen molar-refractivity contribution in [2.75, 3.05) is 6.61 Å². The zero-order valence-corrected chi connectivity index (χ0v) is 14.3. The van der Waals surface area contributed by atoms with Crippen molar-refractivity contribution < 1.29 is 13.5 Å². The molecule has 21 heavy (non-hydrogen) atoms. The summed E-state index contributed by atoms with van der Waals surface area (Å²) in [5.74, 6) is 0. The second-order valence-corrected chi connectivity index (χ2v) is 9.06. The third-order valence-electron chi connectivity index (χ3n) is 3.77. The van der Waals surface area contributed by atoms with E-state index in [0.29, 0.717) is 10.4 Å². The lowest BCUT2D eigenvalue weighted by Crippen LogP contribution is -2.52. The molecule has 5 nitrogen and oxygen atoms in total. The molecule has 1 heterocycles. The minimum absolute atomic E-state index is 0.136. The Morgan fingerprint density at radius 3 is 2.62 bits per heavy atom. The molecular weight excluding hydrogens is 332 g/mol. The molecule has 1 aliphatic carbocycles. The molecule has 2 rings (SSSR count). The van der Waals surface area contributed by atoms with Gasteiger partial charge in [0.15, 0.2) is 0 Å². The van der Waals surface area contributed by atoms with E-state index in [2.05, 4.69) is 10.0 Å². The van der Waals surface area contributed by atoms with Crippen LogP contribution in [0, 0.1) is 0 Å². The number of hydrogen-bond acceptors (Lipinski definition) is 5. The molecule has 0 radical (unpaired) electrons. The van der Waals surface area contributed by atoms with Crippen molar-refractivity contribution in [3.05, 3.63) is 16.5 Å². The SMILES string of the molecule is CC(NC1CCCC1)[C@@H](CO)NS(=O)(=O)c1ccc(Cl)s1. The molecule has 8 heteroatoms.